The van der Waals surface area contributed by atoms with E-state index in [4.69, 9.17) is 5.73 Å². The largest absolute Gasteiger partial charge is 0.330 e. The average Bonchev–Trinajstić information content (AvgIpc) is 2.93. The molecule has 1 aliphatic carbocycles. The molecule has 76 valence electrons. The van der Waals surface area contributed by atoms with Crippen LogP contribution < -0.4 is 5.73 Å². The van der Waals surface area contributed by atoms with Crippen molar-refractivity contribution in [1.82, 2.24) is 0 Å². The highest BCUT2D eigenvalue weighted by Gasteiger charge is 2.47. The highest BCUT2D eigenvalue weighted by atomic mass is 19.2. The van der Waals surface area contributed by atoms with E-state index in [1.807, 2.05) is 0 Å². The number of halogens is 3. The molecule has 0 saturated heterocycles. The molecule has 2 N–H and O–H groups in total. The Labute approximate surface area is 79.7 Å². The lowest BCUT2D eigenvalue weighted by Crippen LogP contribution is -2.23. The second-order valence-electron chi connectivity index (χ2n) is 3.70. The summed E-state index contributed by atoms with van der Waals surface area (Å²) in [6.07, 6.45) is 1.25. The van der Waals surface area contributed by atoms with E-state index in [0.29, 0.717) is 12.8 Å². The van der Waals surface area contributed by atoms with Crippen LogP contribution in [0.25, 0.3) is 0 Å². The van der Waals surface area contributed by atoms with E-state index in [1.165, 1.54) is 0 Å². The molecule has 0 aliphatic heterocycles. The minimum Gasteiger partial charge on any atom is -0.330 e. The first kappa shape index (κ1) is 9.52. The summed E-state index contributed by atoms with van der Waals surface area (Å²) >= 11 is 0. The monoisotopic (exact) mass is 201 g/mol. The van der Waals surface area contributed by atoms with Gasteiger partial charge in [-0.05, 0) is 25.0 Å². The Morgan fingerprint density at radius 1 is 1.14 bits per heavy atom. The quantitative estimate of drug-likeness (QED) is 0.728. The number of hydrogen-bond donors (Lipinski definition) is 1. The highest BCUT2D eigenvalue weighted by Crippen LogP contribution is 2.49. The van der Waals surface area contributed by atoms with Gasteiger partial charge in [0.25, 0.3) is 0 Å². The Balaban J connectivity index is 2.57. The van der Waals surface area contributed by atoms with Crippen molar-refractivity contribution in [1.29, 1.82) is 0 Å². The van der Waals surface area contributed by atoms with Crippen molar-refractivity contribution in [2.75, 3.05) is 6.54 Å². The van der Waals surface area contributed by atoms with Gasteiger partial charge >= 0.3 is 0 Å². The molecule has 0 aromatic heterocycles. The zero-order valence-corrected chi connectivity index (χ0v) is 7.49. The zero-order chi connectivity index (χ0) is 10.3. The summed E-state index contributed by atoms with van der Waals surface area (Å²) in [7, 11) is 0. The Bertz CT molecular complexity index is 372. The van der Waals surface area contributed by atoms with Crippen LogP contribution in [0.1, 0.15) is 18.4 Å². The molecule has 4 heteroatoms. The fourth-order valence-electron chi connectivity index (χ4n) is 1.72. The van der Waals surface area contributed by atoms with Gasteiger partial charge in [0.15, 0.2) is 11.6 Å². The molecule has 1 nitrogen and oxygen atoms in total. The summed E-state index contributed by atoms with van der Waals surface area (Å²) in [5.41, 5.74) is 4.60. The van der Waals surface area contributed by atoms with Crippen LogP contribution in [0.3, 0.4) is 0 Å². The summed E-state index contributed by atoms with van der Waals surface area (Å²) in [6, 6.07) is 1.74. The standard InChI is InChI=1S/C10H10F3N/c11-6-1-2-7(12)9(13)8(6)10(5-14)3-4-10/h1-2H,3-5,14H2. The van der Waals surface area contributed by atoms with Crippen LogP contribution in [0.2, 0.25) is 0 Å². The normalized spacial score (nSPS) is 18.3. The molecule has 14 heavy (non-hydrogen) atoms. The second kappa shape index (κ2) is 2.98. The molecule has 0 heterocycles. The first-order valence-corrected chi connectivity index (χ1v) is 4.45. The minimum atomic E-state index is -1.09. The average molecular weight is 201 g/mol. The molecule has 2 rings (SSSR count). The minimum absolute atomic E-state index is 0.157. The Hall–Kier alpha value is -1.03. The van der Waals surface area contributed by atoms with Gasteiger partial charge in [-0.2, -0.15) is 0 Å². The van der Waals surface area contributed by atoms with Gasteiger partial charge < -0.3 is 5.73 Å². The topological polar surface area (TPSA) is 26.0 Å². The fourth-order valence-corrected chi connectivity index (χ4v) is 1.72. The van der Waals surface area contributed by atoms with Crippen molar-refractivity contribution in [2.45, 2.75) is 18.3 Å². The molecule has 0 bridgehead atoms. The van der Waals surface area contributed by atoms with Gasteiger partial charge in [-0.3, -0.25) is 0 Å². The Morgan fingerprint density at radius 2 is 1.71 bits per heavy atom. The van der Waals surface area contributed by atoms with Crippen LogP contribution in [-0.4, -0.2) is 6.54 Å². The number of rotatable bonds is 2. The number of benzene rings is 1. The molecule has 0 unspecified atom stereocenters. The lowest BCUT2D eigenvalue weighted by Gasteiger charge is -2.14. The molecule has 1 saturated carbocycles. The molecule has 0 atom stereocenters. The number of nitrogens with two attached hydrogens (primary N) is 1. The molecule has 1 aromatic rings. The molecule has 0 amide bonds. The van der Waals surface area contributed by atoms with Crippen molar-refractivity contribution >= 4 is 0 Å². The van der Waals surface area contributed by atoms with Gasteiger partial charge in [-0.15, -0.1) is 0 Å². The van der Waals surface area contributed by atoms with Crippen LogP contribution >= 0.6 is 0 Å². The Kier molecular flexibility index (Phi) is 2.03. The summed E-state index contributed by atoms with van der Waals surface area (Å²) < 4.78 is 39.5. The maximum absolute atomic E-state index is 13.3. The van der Waals surface area contributed by atoms with Crippen LogP contribution in [0, 0.1) is 17.5 Å². The molecule has 1 fully saturated rings. The summed E-state index contributed by atoms with van der Waals surface area (Å²) in [5.74, 6) is -2.80. The van der Waals surface area contributed by atoms with Crippen molar-refractivity contribution in [3.63, 3.8) is 0 Å². The van der Waals surface area contributed by atoms with E-state index in [-0.39, 0.29) is 12.1 Å². The van der Waals surface area contributed by atoms with Crippen LogP contribution in [-0.2, 0) is 5.41 Å². The summed E-state index contributed by atoms with van der Waals surface area (Å²) in [5, 5.41) is 0. The van der Waals surface area contributed by atoms with Gasteiger partial charge in [-0.25, -0.2) is 13.2 Å². The molecular weight excluding hydrogens is 191 g/mol. The van der Waals surface area contributed by atoms with Crippen molar-refractivity contribution in [2.24, 2.45) is 5.73 Å². The molecule has 1 aromatic carbocycles. The molecular formula is C10H10F3N. The molecule has 1 aliphatic rings. The highest BCUT2D eigenvalue weighted by molar-refractivity contribution is 5.35. The smallest absolute Gasteiger partial charge is 0.165 e. The van der Waals surface area contributed by atoms with E-state index >= 15 is 0 Å². The second-order valence-corrected chi connectivity index (χ2v) is 3.70. The van der Waals surface area contributed by atoms with Crippen LogP contribution in [0.4, 0.5) is 13.2 Å². The van der Waals surface area contributed by atoms with Gasteiger partial charge in [0.05, 0.1) is 0 Å². The SMILES string of the molecule is NCC1(c2c(F)ccc(F)c2F)CC1. The predicted molar refractivity (Wildman–Crippen MR) is 46.3 cm³/mol. The lowest BCUT2D eigenvalue weighted by molar-refractivity contribution is 0.459. The summed E-state index contributed by atoms with van der Waals surface area (Å²) in [6.45, 7) is 0.157. The van der Waals surface area contributed by atoms with Gasteiger partial charge in [-0.1, -0.05) is 0 Å². The van der Waals surface area contributed by atoms with E-state index in [0.717, 1.165) is 12.1 Å². The van der Waals surface area contributed by atoms with Crippen LogP contribution in [0.5, 0.6) is 0 Å². The molecule has 0 spiro atoms. The zero-order valence-electron chi connectivity index (χ0n) is 7.49. The van der Waals surface area contributed by atoms with E-state index < -0.39 is 22.9 Å². The maximum Gasteiger partial charge on any atom is 0.165 e. The fraction of sp³-hybridized carbons (Fsp3) is 0.400. The van der Waals surface area contributed by atoms with E-state index in [9.17, 15) is 13.2 Å². The van der Waals surface area contributed by atoms with Crippen LogP contribution in [0.15, 0.2) is 12.1 Å². The first-order valence-electron chi connectivity index (χ1n) is 4.45. The predicted octanol–water partition coefficient (Wildman–Crippen LogP) is 2.09. The Morgan fingerprint density at radius 3 is 2.21 bits per heavy atom. The summed E-state index contributed by atoms with van der Waals surface area (Å²) in [4.78, 5) is 0. The third kappa shape index (κ3) is 1.21. The third-order valence-corrected chi connectivity index (χ3v) is 2.82. The molecule has 0 radical (unpaired) electrons. The van der Waals surface area contributed by atoms with Gasteiger partial charge in [0.2, 0.25) is 0 Å². The first-order chi connectivity index (χ1) is 6.60. The third-order valence-electron chi connectivity index (χ3n) is 2.82. The van der Waals surface area contributed by atoms with E-state index in [1.54, 1.807) is 0 Å². The van der Waals surface area contributed by atoms with Crippen molar-refractivity contribution < 1.29 is 13.2 Å². The van der Waals surface area contributed by atoms with Gasteiger partial charge in [0, 0.05) is 17.5 Å². The van der Waals surface area contributed by atoms with Crippen molar-refractivity contribution in [3.8, 4) is 0 Å². The van der Waals surface area contributed by atoms with Gasteiger partial charge in [0.1, 0.15) is 5.82 Å². The maximum atomic E-state index is 13.3. The van der Waals surface area contributed by atoms with Crippen molar-refractivity contribution in [3.05, 3.63) is 35.1 Å². The number of hydrogen-bond acceptors (Lipinski definition) is 1. The lowest BCUT2D eigenvalue weighted by atomic mass is 9.95. The van der Waals surface area contributed by atoms with E-state index in [2.05, 4.69) is 0 Å².